The third-order valence-corrected chi connectivity index (χ3v) is 3.52. The van der Waals surface area contributed by atoms with E-state index in [0.29, 0.717) is 23.5 Å². The summed E-state index contributed by atoms with van der Waals surface area (Å²) in [6, 6.07) is 12.5. The second-order valence-electron chi connectivity index (χ2n) is 4.53. The van der Waals surface area contributed by atoms with Crippen molar-refractivity contribution in [3.8, 4) is 0 Å². The number of hydrogen-bond acceptors (Lipinski definition) is 4. The van der Waals surface area contributed by atoms with Crippen LogP contribution in [0.25, 0.3) is 11.0 Å². The maximum Gasteiger partial charge on any atom is 0.271 e. The number of halogens is 1. The molecular weight excluding hydrogens is 336 g/mol. The number of imidazole rings is 1. The minimum atomic E-state index is -0.422. The first kappa shape index (κ1) is 13.6. The van der Waals surface area contributed by atoms with Crippen molar-refractivity contribution in [2.45, 2.75) is 6.54 Å². The maximum atomic E-state index is 10.7. The van der Waals surface area contributed by atoms with Gasteiger partial charge < -0.3 is 10.3 Å². The average molecular weight is 347 g/mol. The molecule has 0 aliphatic heterocycles. The van der Waals surface area contributed by atoms with Crippen molar-refractivity contribution < 1.29 is 4.92 Å². The predicted molar refractivity (Wildman–Crippen MR) is 84.2 cm³/mol. The lowest BCUT2D eigenvalue weighted by atomic mass is 10.2. The van der Waals surface area contributed by atoms with Gasteiger partial charge >= 0.3 is 0 Å². The molecule has 0 spiro atoms. The van der Waals surface area contributed by atoms with E-state index in [-0.39, 0.29) is 5.69 Å². The van der Waals surface area contributed by atoms with Crippen LogP contribution in [0.1, 0.15) is 5.56 Å². The van der Waals surface area contributed by atoms with Crippen LogP contribution < -0.4 is 5.32 Å². The van der Waals surface area contributed by atoms with Crippen molar-refractivity contribution in [2.24, 2.45) is 0 Å². The molecule has 0 amide bonds. The summed E-state index contributed by atoms with van der Waals surface area (Å²) in [5.74, 6) is 0.588. The average Bonchev–Trinajstić information content (AvgIpc) is 2.87. The minimum Gasteiger partial charge on any atom is -0.352 e. The van der Waals surface area contributed by atoms with Gasteiger partial charge in [0.2, 0.25) is 5.95 Å². The number of non-ortho nitro benzene ring substituents is 1. The lowest BCUT2D eigenvalue weighted by Gasteiger charge is -2.03. The molecule has 0 aliphatic carbocycles. The summed E-state index contributed by atoms with van der Waals surface area (Å²) in [7, 11) is 0. The number of rotatable bonds is 4. The van der Waals surface area contributed by atoms with Gasteiger partial charge in [-0.25, -0.2) is 4.98 Å². The summed E-state index contributed by atoms with van der Waals surface area (Å²) in [5.41, 5.74) is 2.48. The van der Waals surface area contributed by atoms with Gasteiger partial charge in [0.15, 0.2) is 0 Å². The molecular formula is C14H11BrN4O2. The zero-order chi connectivity index (χ0) is 14.8. The van der Waals surface area contributed by atoms with Gasteiger partial charge in [0.1, 0.15) is 0 Å². The first-order valence-corrected chi connectivity index (χ1v) is 7.03. The summed E-state index contributed by atoms with van der Waals surface area (Å²) in [4.78, 5) is 17.7. The first-order chi connectivity index (χ1) is 10.1. The van der Waals surface area contributed by atoms with Crippen LogP contribution in [0.2, 0.25) is 0 Å². The van der Waals surface area contributed by atoms with Crippen LogP contribution in [0.3, 0.4) is 0 Å². The Morgan fingerprint density at radius 2 is 2.14 bits per heavy atom. The van der Waals surface area contributed by atoms with Crippen LogP contribution in [0.4, 0.5) is 11.6 Å². The molecule has 21 heavy (non-hydrogen) atoms. The van der Waals surface area contributed by atoms with Crippen molar-refractivity contribution in [1.29, 1.82) is 0 Å². The van der Waals surface area contributed by atoms with Crippen LogP contribution >= 0.6 is 15.9 Å². The normalized spacial score (nSPS) is 10.7. The lowest BCUT2D eigenvalue weighted by molar-refractivity contribution is -0.384. The molecule has 2 aromatic carbocycles. The van der Waals surface area contributed by atoms with E-state index < -0.39 is 4.92 Å². The lowest BCUT2D eigenvalue weighted by Crippen LogP contribution is -2.00. The Morgan fingerprint density at radius 3 is 2.90 bits per heavy atom. The van der Waals surface area contributed by atoms with Crippen molar-refractivity contribution in [3.05, 3.63) is 62.6 Å². The van der Waals surface area contributed by atoms with Crippen LogP contribution in [-0.2, 0) is 6.54 Å². The number of hydrogen-bond donors (Lipinski definition) is 2. The number of nitrogens with zero attached hydrogens (tertiary/aromatic N) is 2. The van der Waals surface area contributed by atoms with E-state index in [4.69, 9.17) is 0 Å². The van der Waals surface area contributed by atoms with Gasteiger partial charge in [0.25, 0.3) is 5.69 Å². The molecule has 106 valence electrons. The molecule has 2 N–H and O–H groups in total. The van der Waals surface area contributed by atoms with E-state index in [1.165, 1.54) is 12.1 Å². The third kappa shape index (κ3) is 3.03. The molecule has 3 aromatic rings. The zero-order valence-electron chi connectivity index (χ0n) is 10.8. The van der Waals surface area contributed by atoms with E-state index in [2.05, 4.69) is 31.2 Å². The zero-order valence-corrected chi connectivity index (χ0v) is 12.4. The molecule has 0 bridgehead atoms. The fourth-order valence-electron chi connectivity index (χ4n) is 2.03. The summed E-state index contributed by atoms with van der Waals surface area (Å²) in [6.07, 6.45) is 0. The van der Waals surface area contributed by atoms with Gasteiger partial charge in [-0.3, -0.25) is 10.1 Å². The Kier molecular flexibility index (Phi) is 3.57. The molecule has 0 saturated heterocycles. The molecule has 6 nitrogen and oxygen atoms in total. The summed E-state index contributed by atoms with van der Waals surface area (Å²) >= 11 is 3.42. The number of nitrogens with one attached hydrogen (secondary N) is 2. The highest BCUT2D eigenvalue weighted by molar-refractivity contribution is 9.10. The number of benzene rings is 2. The SMILES string of the molecule is O=[N+]([O-])c1ccc2nc(NCc3cccc(Br)c3)[nH]c2c1. The third-order valence-electron chi connectivity index (χ3n) is 3.03. The molecule has 0 unspecified atom stereocenters. The van der Waals surface area contributed by atoms with E-state index in [1.807, 2.05) is 24.3 Å². The van der Waals surface area contributed by atoms with Crippen LogP contribution in [-0.4, -0.2) is 14.9 Å². The fraction of sp³-hybridized carbons (Fsp3) is 0.0714. The van der Waals surface area contributed by atoms with Gasteiger partial charge in [-0.2, -0.15) is 0 Å². The first-order valence-electron chi connectivity index (χ1n) is 6.24. The molecule has 3 rings (SSSR count). The summed E-state index contributed by atoms with van der Waals surface area (Å²) < 4.78 is 1.02. The Bertz CT molecular complexity index is 816. The molecule has 1 aromatic heterocycles. The summed E-state index contributed by atoms with van der Waals surface area (Å²) in [5, 5.41) is 13.9. The standard InChI is InChI=1S/C14H11BrN4O2/c15-10-3-1-2-9(6-10)8-16-14-17-12-5-4-11(19(20)21)7-13(12)18-14/h1-7H,8H2,(H2,16,17,18). The second-order valence-corrected chi connectivity index (χ2v) is 5.44. The number of aromatic nitrogens is 2. The highest BCUT2D eigenvalue weighted by Crippen LogP contribution is 2.21. The van der Waals surface area contributed by atoms with E-state index >= 15 is 0 Å². The van der Waals surface area contributed by atoms with E-state index in [0.717, 1.165) is 10.0 Å². The monoisotopic (exact) mass is 346 g/mol. The largest absolute Gasteiger partial charge is 0.352 e. The van der Waals surface area contributed by atoms with Crippen LogP contribution in [0, 0.1) is 10.1 Å². The van der Waals surface area contributed by atoms with Crippen LogP contribution in [0.5, 0.6) is 0 Å². The number of aromatic amines is 1. The predicted octanol–water partition coefficient (Wildman–Crippen LogP) is 3.85. The Balaban J connectivity index is 1.80. The molecule has 0 atom stereocenters. The van der Waals surface area contributed by atoms with Gasteiger partial charge in [-0.1, -0.05) is 28.1 Å². The van der Waals surface area contributed by atoms with E-state index in [9.17, 15) is 10.1 Å². The van der Waals surface area contributed by atoms with E-state index in [1.54, 1.807) is 6.07 Å². The number of nitro benzene ring substituents is 1. The van der Waals surface area contributed by atoms with Crippen molar-refractivity contribution in [3.63, 3.8) is 0 Å². The van der Waals surface area contributed by atoms with Crippen molar-refractivity contribution in [2.75, 3.05) is 5.32 Å². The molecule has 1 heterocycles. The van der Waals surface area contributed by atoms with Crippen molar-refractivity contribution >= 4 is 38.6 Å². The Hall–Kier alpha value is -2.41. The molecule has 0 aliphatic rings. The molecule has 7 heteroatoms. The number of H-pyrrole nitrogens is 1. The number of fused-ring (bicyclic) bond motifs is 1. The maximum absolute atomic E-state index is 10.7. The summed E-state index contributed by atoms with van der Waals surface area (Å²) in [6.45, 7) is 0.612. The number of anilines is 1. The molecule has 0 radical (unpaired) electrons. The highest BCUT2D eigenvalue weighted by Gasteiger charge is 2.09. The Labute approximate surface area is 128 Å². The van der Waals surface area contributed by atoms with Gasteiger partial charge in [0, 0.05) is 23.2 Å². The quantitative estimate of drug-likeness (QED) is 0.555. The smallest absolute Gasteiger partial charge is 0.271 e. The number of nitro groups is 1. The topological polar surface area (TPSA) is 83.8 Å². The molecule has 0 fully saturated rings. The minimum absolute atomic E-state index is 0.0460. The van der Waals surface area contributed by atoms with Crippen molar-refractivity contribution in [1.82, 2.24) is 9.97 Å². The second kappa shape index (κ2) is 5.53. The van der Waals surface area contributed by atoms with Gasteiger partial charge in [0.05, 0.1) is 16.0 Å². The fourth-order valence-corrected chi connectivity index (χ4v) is 2.47. The van der Waals surface area contributed by atoms with Crippen LogP contribution in [0.15, 0.2) is 46.9 Å². The van der Waals surface area contributed by atoms with Gasteiger partial charge in [-0.15, -0.1) is 0 Å². The Morgan fingerprint density at radius 1 is 1.29 bits per heavy atom. The molecule has 0 saturated carbocycles. The van der Waals surface area contributed by atoms with Gasteiger partial charge in [-0.05, 0) is 23.8 Å². The highest BCUT2D eigenvalue weighted by atomic mass is 79.9.